The molecule has 0 fully saturated rings. The molecular formula is C39H33OP. The summed E-state index contributed by atoms with van der Waals surface area (Å²) < 4.78 is 16.2. The Kier molecular flexibility index (Phi) is 5.93. The van der Waals surface area contributed by atoms with Crippen LogP contribution in [0, 0.1) is 12.3 Å². The molecule has 0 bridgehead atoms. The molecule has 1 nitrogen and oxygen atoms in total. The third-order valence-electron chi connectivity index (χ3n) is 8.83. The maximum Gasteiger partial charge on any atom is 0.171 e. The molecule has 0 N–H and O–H groups in total. The minimum atomic E-state index is -3.31. The van der Waals surface area contributed by atoms with E-state index >= 15 is 4.57 Å². The molecule has 200 valence electrons. The zero-order valence-electron chi connectivity index (χ0n) is 24.0. The van der Waals surface area contributed by atoms with Crippen LogP contribution in [-0.4, -0.2) is 0 Å². The first-order valence-corrected chi connectivity index (χ1v) is 16.0. The van der Waals surface area contributed by atoms with Crippen molar-refractivity contribution in [2.45, 2.75) is 27.7 Å². The van der Waals surface area contributed by atoms with Gasteiger partial charge in [0.05, 0.1) is 0 Å². The molecule has 0 radical (unpaired) electrons. The Morgan fingerprint density at radius 3 is 1.85 bits per heavy atom. The predicted molar refractivity (Wildman–Crippen MR) is 175 cm³/mol. The molecule has 4 aromatic rings. The fraction of sp³-hybridized carbons (Fsp3) is 0.128. The molecule has 0 amide bonds. The molecule has 3 aliphatic rings. The third kappa shape index (κ3) is 3.80. The van der Waals surface area contributed by atoms with Gasteiger partial charge in [-0.25, -0.2) is 0 Å². The van der Waals surface area contributed by atoms with Crippen LogP contribution in [0.3, 0.4) is 0 Å². The number of benzene rings is 4. The first-order chi connectivity index (χ1) is 19.8. The van der Waals surface area contributed by atoms with Gasteiger partial charge in [-0.15, -0.1) is 0 Å². The van der Waals surface area contributed by atoms with Crippen molar-refractivity contribution in [3.8, 4) is 0 Å². The Labute approximate surface area is 243 Å². The lowest BCUT2D eigenvalue weighted by Crippen LogP contribution is -2.31. The van der Waals surface area contributed by atoms with E-state index in [4.69, 9.17) is 0 Å². The summed E-state index contributed by atoms with van der Waals surface area (Å²) >= 11 is 0. The fourth-order valence-electron chi connectivity index (χ4n) is 7.27. The van der Waals surface area contributed by atoms with Crippen molar-refractivity contribution < 1.29 is 4.57 Å². The first-order valence-electron chi connectivity index (χ1n) is 14.3. The second-order valence-electron chi connectivity index (χ2n) is 11.7. The zero-order valence-corrected chi connectivity index (χ0v) is 24.9. The Morgan fingerprint density at radius 1 is 0.634 bits per heavy atom. The Morgan fingerprint density at radius 2 is 1.22 bits per heavy atom. The lowest BCUT2D eigenvalue weighted by Gasteiger charge is -2.45. The standard InChI is InChI=1S/C39H33OP/c1-26-19-21-29(22-20-26)37-35-33-18-12-11-13-30(33)24-34(35)38(36-28(3)23-27(2)25-39(36,37)4)41(40,31-14-7-5-8-15-31)32-16-9-6-10-17-32/h5-25H,1-4H3. The molecule has 3 aliphatic carbocycles. The summed E-state index contributed by atoms with van der Waals surface area (Å²) in [7, 11) is -3.31. The minimum Gasteiger partial charge on any atom is -0.309 e. The lowest BCUT2D eigenvalue weighted by molar-refractivity contribution is 0.589. The smallest absolute Gasteiger partial charge is 0.171 e. The molecule has 0 spiro atoms. The summed E-state index contributed by atoms with van der Waals surface area (Å²) in [6.07, 6.45) is 6.95. The number of allylic oxidation sites excluding steroid dienone is 9. The van der Waals surface area contributed by atoms with Crippen LogP contribution < -0.4 is 10.6 Å². The molecule has 0 saturated carbocycles. The Balaban J connectivity index is 1.67. The normalized spacial score (nSPS) is 19.7. The highest BCUT2D eigenvalue weighted by molar-refractivity contribution is 7.82. The van der Waals surface area contributed by atoms with E-state index in [0.717, 1.165) is 27.1 Å². The number of hydrogen-bond donors (Lipinski definition) is 0. The van der Waals surface area contributed by atoms with Gasteiger partial charge in [-0.1, -0.05) is 132 Å². The van der Waals surface area contributed by atoms with Gasteiger partial charge in [0.25, 0.3) is 0 Å². The topological polar surface area (TPSA) is 17.1 Å². The van der Waals surface area contributed by atoms with E-state index in [1.807, 2.05) is 60.7 Å². The van der Waals surface area contributed by atoms with Gasteiger partial charge in [0, 0.05) is 21.3 Å². The average molecular weight is 549 g/mol. The third-order valence-corrected chi connectivity index (χ3v) is 12.0. The quantitative estimate of drug-likeness (QED) is 0.232. The Hall–Kier alpha value is -4.19. The number of hydrogen-bond acceptors (Lipinski definition) is 1. The first kappa shape index (κ1) is 25.8. The second-order valence-corrected chi connectivity index (χ2v) is 14.4. The van der Waals surface area contributed by atoms with E-state index in [2.05, 4.69) is 94.5 Å². The van der Waals surface area contributed by atoms with Crippen molar-refractivity contribution in [1.29, 1.82) is 0 Å². The molecule has 1 atom stereocenters. The molecule has 0 saturated heterocycles. The minimum absolute atomic E-state index is 0.475. The van der Waals surface area contributed by atoms with Crippen molar-refractivity contribution >= 4 is 35.0 Å². The van der Waals surface area contributed by atoms with Gasteiger partial charge in [0.1, 0.15) is 0 Å². The lowest BCUT2D eigenvalue weighted by atomic mass is 9.62. The highest BCUT2D eigenvalue weighted by Crippen LogP contribution is 2.69. The van der Waals surface area contributed by atoms with E-state index in [9.17, 15) is 0 Å². The zero-order chi connectivity index (χ0) is 28.4. The summed E-state index contributed by atoms with van der Waals surface area (Å²) in [5.41, 5.74) is 11.5. The van der Waals surface area contributed by atoms with Crippen molar-refractivity contribution in [3.63, 3.8) is 0 Å². The van der Waals surface area contributed by atoms with Crippen LogP contribution in [0.5, 0.6) is 0 Å². The van der Waals surface area contributed by atoms with Gasteiger partial charge in [-0.3, -0.25) is 0 Å². The van der Waals surface area contributed by atoms with Crippen molar-refractivity contribution in [2.75, 3.05) is 0 Å². The molecule has 0 aliphatic heterocycles. The van der Waals surface area contributed by atoms with E-state index in [-0.39, 0.29) is 0 Å². The van der Waals surface area contributed by atoms with Gasteiger partial charge < -0.3 is 4.57 Å². The van der Waals surface area contributed by atoms with Crippen LogP contribution in [0.1, 0.15) is 43.0 Å². The van der Waals surface area contributed by atoms with Gasteiger partial charge in [-0.2, -0.15) is 0 Å². The molecule has 41 heavy (non-hydrogen) atoms. The molecular weight excluding hydrogens is 515 g/mol. The summed E-state index contributed by atoms with van der Waals surface area (Å²) in [5, 5.41) is 2.70. The van der Waals surface area contributed by atoms with Crippen LogP contribution in [0.15, 0.2) is 149 Å². The summed E-state index contributed by atoms with van der Waals surface area (Å²) in [6.45, 7) is 8.86. The van der Waals surface area contributed by atoms with E-state index in [0.29, 0.717) is 0 Å². The van der Waals surface area contributed by atoms with Gasteiger partial charge in [-0.05, 0) is 78.3 Å². The van der Waals surface area contributed by atoms with Gasteiger partial charge in [0.15, 0.2) is 7.14 Å². The number of rotatable bonds is 4. The van der Waals surface area contributed by atoms with Gasteiger partial charge in [0.2, 0.25) is 0 Å². The maximum absolute atomic E-state index is 16.2. The van der Waals surface area contributed by atoms with E-state index < -0.39 is 12.6 Å². The molecule has 4 aromatic carbocycles. The SMILES string of the molecule is CC1=CC2(C)C(=C(P(=O)(c3ccccc3)c3ccccc3)C3=Cc4ccccc4C3=C2c2ccc(C)cc2)C(C)=C1. The molecule has 7 rings (SSSR count). The van der Waals surface area contributed by atoms with Crippen LogP contribution in [0.4, 0.5) is 0 Å². The van der Waals surface area contributed by atoms with Crippen molar-refractivity contribution in [2.24, 2.45) is 5.41 Å². The van der Waals surface area contributed by atoms with Crippen LogP contribution in [0.25, 0.3) is 17.2 Å². The maximum atomic E-state index is 16.2. The molecule has 2 heteroatoms. The van der Waals surface area contributed by atoms with E-state index in [1.54, 1.807) is 0 Å². The van der Waals surface area contributed by atoms with Crippen LogP contribution in [0.2, 0.25) is 0 Å². The second kappa shape index (κ2) is 9.44. The molecule has 0 aromatic heterocycles. The summed E-state index contributed by atoms with van der Waals surface area (Å²) in [6, 6.07) is 37.8. The largest absolute Gasteiger partial charge is 0.309 e. The van der Waals surface area contributed by atoms with E-state index in [1.165, 1.54) is 44.5 Å². The molecule has 0 heterocycles. The van der Waals surface area contributed by atoms with Gasteiger partial charge >= 0.3 is 0 Å². The molecule has 1 unspecified atom stereocenters. The monoisotopic (exact) mass is 548 g/mol. The highest BCUT2D eigenvalue weighted by Gasteiger charge is 2.50. The number of aryl methyl sites for hydroxylation is 1. The summed E-state index contributed by atoms with van der Waals surface area (Å²) in [5.74, 6) is 0. The Bertz CT molecular complexity index is 1870. The average Bonchev–Trinajstić information content (AvgIpc) is 3.35. The van der Waals surface area contributed by atoms with Crippen LogP contribution in [-0.2, 0) is 4.57 Å². The predicted octanol–water partition coefficient (Wildman–Crippen LogP) is 9.50. The number of fused-ring (bicyclic) bond motifs is 4. The van der Waals surface area contributed by atoms with Crippen LogP contribution >= 0.6 is 7.14 Å². The summed E-state index contributed by atoms with van der Waals surface area (Å²) in [4.78, 5) is 0. The highest BCUT2D eigenvalue weighted by atomic mass is 31.2. The van der Waals surface area contributed by atoms with Crippen molar-refractivity contribution in [3.05, 3.63) is 171 Å². The fourth-order valence-corrected chi connectivity index (χ4v) is 10.5. The van der Waals surface area contributed by atoms with Crippen molar-refractivity contribution in [1.82, 2.24) is 0 Å².